The maximum Gasteiger partial charge on any atom is 0.120 e. The van der Waals surface area contributed by atoms with Gasteiger partial charge in [0.1, 0.15) is 5.75 Å². The molecular weight excluding hydrogens is 331 g/mol. The number of hydrogen-bond acceptors (Lipinski definition) is 3. The van der Waals surface area contributed by atoms with Gasteiger partial charge < -0.3 is 4.74 Å². The fourth-order valence-corrected chi connectivity index (χ4v) is 2.86. The number of halogens is 2. The van der Waals surface area contributed by atoms with Crippen LogP contribution in [0.15, 0.2) is 42.7 Å². The third-order valence-corrected chi connectivity index (χ3v) is 4.53. The van der Waals surface area contributed by atoms with E-state index in [2.05, 4.69) is 18.0 Å². The van der Waals surface area contributed by atoms with Crippen molar-refractivity contribution in [3.8, 4) is 11.8 Å². The third-order valence-electron chi connectivity index (χ3n) is 3.79. The van der Waals surface area contributed by atoms with Crippen LogP contribution in [0.4, 0.5) is 0 Å². The molecule has 1 atom stereocenters. The van der Waals surface area contributed by atoms with E-state index in [1.54, 1.807) is 30.6 Å². The van der Waals surface area contributed by atoms with Crippen molar-refractivity contribution in [1.29, 1.82) is 5.26 Å². The first-order valence-corrected chi connectivity index (χ1v) is 8.26. The predicted octanol–water partition coefficient (Wildman–Crippen LogP) is 5.42. The molecule has 5 heteroatoms. The van der Waals surface area contributed by atoms with Crippen LogP contribution in [0.3, 0.4) is 0 Å². The Bertz CT molecular complexity index is 685. The van der Waals surface area contributed by atoms with Gasteiger partial charge in [0.25, 0.3) is 0 Å². The average Bonchev–Trinajstić information content (AvgIpc) is 2.58. The molecule has 0 aliphatic heterocycles. The predicted molar refractivity (Wildman–Crippen MR) is 93.0 cm³/mol. The highest BCUT2D eigenvalue weighted by atomic mass is 35.5. The summed E-state index contributed by atoms with van der Waals surface area (Å²) in [7, 11) is 0. The lowest BCUT2D eigenvalue weighted by Crippen LogP contribution is -2.27. The number of hydrogen-bond donors (Lipinski definition) is 0. The van der Waals surface area contributed by atoms with E-state index >= 15 is 0 Å². The first-order valence-electron chi connectivity index (χ1n) is 7.51. The summed E-state index contributed by atoms with van der Waals surface area (Å²) in [6, 6.07) is 11.4. The van der Waals surface area contributed by atoms with Crippen LogP contribution >= 0.6 is 23.2 Å². The van der Waals surface area contributed by atoms with Crippen molar-refractivity contribution in [2.24, 2.45) is 0 Å². The topological polar surface area (TPSA) is 45.9 Å². The van der Waals surface area contributed by atoms with Crippen LogP contribution in [0.5, 0.6) is 5.75 Å². The molecule has 0 bridgehead atoms. The van der Waals surface area contributed by atoms with E-state index in [-0.39, 0.29) is 0 Å². The summed E-state index contributed by atoms with van der Waals surface area (Å²) in [6.45, 7) is 2.49. The third kappa shape index (κ3) is 4.37. The maximum absolute atomic E-state index is 9.77. The fraction of sp³-hybridized carbons (Fsp3) is 0.333. The van der Waals surface area contributed by atoms with Crippen LogP contribution in [-0.2, 0) is 5.41 Å². The zero-order valence-electron chi connectivity index (χ0n) is 12.9. The number of ether oxygens (including phenoxy) is 1. The number of nitriles is 1. The Morgan fingerprint density at radius 1 is 1.22 bits per heavy atom. The van der Waals surface area contributed by atoms with Gasteiger partial charge in [0.2, 0.25) is 0 Å². The Morgan fingerprint density at radius 3 is 2.65 bits per heavy atom. The van der Waals surface area contributed by atoms with Crippen molar-refractivity contribution in [1.82, 2.24) is 4.98 Å². The molecule has 0 N–H and O–H groups in total. The second-order valence-corrected chi connectivity index (χ2v) is 6.17. The van der Waals surface area contributed by atoms with E-state index in [4.69, 9.17) is 27.9 Å². The van der Waals surface area contributed by atoms with Gasteiger partial charge in [-0.2, -0.15) is 5.26 Å². The van der Waals surface area contributed by atoms with Gasteiger partial charge >= 0.3 is 0 Å². The molecule has 0 radical (unpaired) electrons. The number of rotatable bonds is 7. The molecule has 0 spiro atoms. The van der Waals surface area contributed by atoms with Crippen LogP contribution in [-0.4, -0.2) is 11.6 Å². The van der Waals surface area contributed by atoms with Crippen molar-refractivity contribution in [2.45, 2.75) is 31.6 Å². The Hall–Kier alpha value is -1.76. The minimum atomic E-state index is -0.584. The Morgan fingerprint density at radius 2 is 2.04 bits per heavy atom. The van der Waals surface area contributed by atoms with E-state index in [9.17, 15) is 5.26 Å². The summed E-state index contributed by atoms with van der Waals surface area (Å²) >= 11 is 11.9. The largest absolute Gasteiger partial charge is 0.493 e. The van der Waals surface area contributed by atoms with Gasteiger partial charge in [0.15, 0.2) is 0 Å². The maximum atomic E-state index is 9.77. The Kier molecular flexibility index (Phi) is 6.27. The molecule has 1 aromatic heterocycles. The zero-order chi connectivity index (χ0) is 16.7. The van der Waals surface area contributed by atoms with Crippen molar-refractivity contribution < 1.29 is 4.74 Å². The molecule has 0 aliphatic rings. The summed E-state index contributed by atoms with van der Waals surface area (Å²) in [5.74, 6) is 0.647. The number of pyridine rings is 1. The van der Waals surface area contributed by atoms with Crippen LogP contribution in [0.2, 0.25) is 10.0 Å². The SMILES string of the molecule is CCCC(C#N)(CCOc1ccc(Cl)c(Cl)c1)c1cccnc1. The second kappa shape index (κ2) is 8.19. The molecule has 1 heterocycles. The molecule has 120 valence electrons. The average molecular weight is 349 g/mol. The molecule has 2 aromatic rings. The van der Waals surface area contributed by atoms with Gasteiger partial charge in [-0.05, 0) is 30.2 Å². The van der Waals surface area contributed by atoms with Crippen LogP contribution in [0, 0.1) is 11.3 Å². The highest BCUT2D eigenvalue weighted by Gasteiger charge is 2.31. The van der Waals surface area contributed by atoms with Crippen molar-refractivity contribution in [2.75, 3.05) is 6.61 Å². The fourth-order valence-electron chi connectivity index (χ4n) is 2.57. The molecule has 2 rings (SSSR count). The smallest absolute Gasteiger partial charge is 0.120 e. The molecule has 23 heavy (non-hydrogen) atoms. The van der Waals surface area contributed by atoms with Gasteiger partial charge in [-0.25, -0.2) is 0 Å². The van der Waals surface area contributed by atoms with E-state index in [0.29, 0.717) is 28.8 Å². The van der Waals surface area contributed by atoms with Gasteiger partial charge in [0, 0.05) is 24.9 Å². The molecule has 1 aromatic carbocycles. The standard InChI is InChI=1S/C18H18Cl2N2O/c1-2-7-18(13-21,14-4-3-9-22-12-14)8-10-23-15-5-6-16(19)17(20)11-15/h3-6,9,11-12H,2,7-8,10H2,1H3. The van der Waals surface area contributed by atoms with E-state index in [0.717, 1.165) is 18.4 Å². The van der Waals surface area contributed by atoms with Crippen LogP contribution in [0.25, 0.3) is 0 Å². The summed E-state index contributed by atoms with van der Waals surface area (Å²) in [4.78, 5) is 4.14. The minimum Gasteiger partial charge on any atom is -0.493 e. The zero-order valence-corrected chi connectivity index (χ0v) is 14.4. The highest BCUT2D eigenvalue weighted by Crippen LogP contribution is 2.33. The van der Waals surface area contributed by atoms with Crippen molar-refractivity contribution in [3.05, 3.63) is 58.3 Å². The number of nitrogens with zero attached hydrogens (tertiary/aromatic N) is 2. The first-order chi connectivity index (χ1) is 11.1. The Labute approximate surface area is 146 Å². The molecule has 0 saturated carbocycles. The first kappa shape index (κ1) is 17.6. The molecular formula is C18H18Cl2N2O. The normalized spacial score (nSPS) is 13.1. The van der Waals surface area contributed by atoms with Crippen molar-refractivity contribution >= 4 is 23.2 Å². The number of benzene rings is 1. The van der Waals surface area contributed by atoms with Crippen molar-refractivity contribution in [3.63, 3.8) is 0 Å². The second-order valence-electron chi connectivity index (χ2n) is 5.36. The highest BCUT2D eigenvalue weighted by molar-refractivity contribution is 6.42. The molecule has 0 fully saturated rings. The molecule has 0 amide bonds. The summed E-state index contributed by atoms with van der Waals surface area (Å²) in [5.41, 5.74) is 0.348. The van der Waals surface area contributed by atoms with Gasteiger partial charge in [-0.15, -0.1) is 0 Å². The molecule has 3 nitrogen and oxygen atoms in total. The summed E-state index contributed by atoms with van der Waals surface area (Å²) < 4.78 is 5.75. The van der Waals surface area contributed by atoms with Crippen LogP contribution in [0.1, 0.15) is 31.7 Å². The number of aromatic nitrogens is 1. The van der Waals surface area contributed by atoms with Gasteiger partial charge in [-0.3, -0.25) is 4.98 Å². The van der Waals surface area contributed by atoms with Gasteiger partial charge in [-0.1, -0.05) is 42.6 Å². The molecule has 1 unspecified atom stereocenters. The van der Waals surface area contributed by atoms with Crippen LogP contribution < -0.4 is 4.74 Å². The minimum absolute atomic E-state index is 0.417. The molecule has 0 saturated heterocycles. The Balaban J connectivity index is 2.10. The monoisotopic (exact) mass is 348 g/mol. The van der Waals surface area contributed by atoms with E-state index in [1.165, 1.54) is 0 Å². The summed E-state index contributed by atoms with van der Waals surface area (Å²) in [6.07, 6.45) is 5.74. The summed E-state index contributed by atoms with van der Waals surface area (Å²) in [5, 5.41) is 10.7. The quantitative estimate of drug-likeness (QED) is 0.671. The lowest BCUT2D eigenvalue weighted by molar-refractivity contribution is 0.272. The van der Waals surface area contributed by atoms with E-state index in [1.807, 2.05) is 12.1 Å². The lowest BCUT2D eigenvalue weighted by atomic mass is 9.76. The van der Waals surface area contributed by atoms with Gasteiger partial charge in [0.05, 0.1) is 28.1 Å². The lowest BCUT2D eigenvalue weighted by Gasteiger charge is -2.26. The van der Waals surface area contributed by atoms with E-state index < -0.39 is 5.41 Å². The molecule has 0 aliphatic carbocycles.